The Hall–Kier alpha value is -2.63. The molecule has 4 rings (SSSR count). The van der Waals surface area contributed by atoms with Crippen LogP contribution in [-0.4, -0.2) is 25.2 Å². The maximum absolute atomic E-state index is 12.8. The summed E-state index contributed by atoms with van der Waals surface area (Å²) in [6.07, 6.45) is 1.40. The molecule has 0 bridgehead atoms. The molecule has 2 aliphatic rings. The summed E-state index contributed by atoms with van der Waals surface area (Å²) >= 11 is 0. The van der Waals surface area contributed by atoms with Crippen LogP contribution in [0, 0.1) is 0 Å². The molecule has 0 radical (unpaired) electrons. The Morgan fingerprint density at radius 3 is 2.30 bits per heavy atom. The Morgan fingerprint density at radius 1 is 1.00 bits per heavy atom. The normalized spacial score (nSPS) is 18.1. The minimum atomic E-state index is -4.30. The molecule has 3 nitrogen and oxygen atoms in total. The van der Waals surface area contributed by atoms with Gasteiger partial charge >= 0.3 is 6.18 Å². The fraction of sp³-hybridized carbons (Fsp3) is 0.417. The van der Waals surface area contributed by atoms with Crippen molar-refractivity contribution in [2.45, 2.75) is 44.8 Å². The van der Waals surface area contributed by atoms with Crippen LogP contribution in [0.5, 0.6) is 11.5 Å². The molecule has 30 heavy (non-hydrogen) atoms. The molecule has 2 aromatic carbocycles. The van der Waals surface area contributed by atoms with E-state index in [1.54, 1.807) is 12.1 Å². The van der Waals surface area contributed by atoms with Crippen LogP contribution in [-0.2, 0) is 12.6 Å². The number of allylic oxidation sites excluding steroid dienone is 1. The molecule has 2 heterocycles. The lowest BCUT2D eigenvalue weighted by Crippen LogP contribution is -2.26. The van der Waals surface area contributed by atoms with Crippen molar-refractivity contribution in [3.63, 3.8) is 0 Å². The Balaban J connectivity index is 1.59. The number of hydrogen-bond acceptors (Lipinski definition) is 3. The van der Waals surface area contributed by atoms with Gasteiger partial charge in [-0.3, -0.25) is 0 Å². The first-order valence-electron chi connectivity index (χ1n) is 10.4. The van der Waals surface area contributed by atoms with Crippen LogP contribution in [0.1, 0.15) is 54.5 Å². The molecule has 6 heteroatoms. The summed E-state index contributed by atoms with van der Waals surface area (Å²) in [6.45, 7) is 3.25. The predicted octanol–water partition coefficient (Wildman–Crippen LogP) is 6.24. The zero-order valence-electron chi connectivity index (χ0n) is 17.3. The topological polar surface area (TPSA) is 21.7 Å². The first kappa shape index (κ1) is 20.6. The van der Waals surface area contributed by atoms with Gasteiger partial charge in [-0.2, -0.15) is 13.2 Å². The van der Waals surface area contributed by atoms with Gasteiger partial charge in [-0.25, -0.2) is 0 Å². The van der Waals surface area contributed by atoms with E-state index in [9.17, 15) is 13.2 Å². The van der Waals surface area contributed by atoms with Gasteiger partial charge in [-0.15, -0.1) is 0 Å². The van der Waals surface area contributed by atoms with Gasteiger partial charge in [0, 0.05) is 13.2 Å². The van der Waals surface area contributed by atoms with E-state index in [2.05, 4.69) is 37.2 Å². The van der Waals surface area contributed by atoms with E-state index < -0.39 is 11.7 Å². The molecule has 0 fully saturated rings. The molecule has 0 N–H and O–H groups in total. The lowest BCUT2D eigenvalue weighted by Gasteiger charge is -2.36. The SMILES string of the molecule is CCCC1=CN(C)C(CCc2ccc(C(F)(F)F)cc2)c2cc3c(cc21)OCCO3. The zero-order valence-corrected chi connectivity index (χ0v) is 17.3. The third kappa shape index (κ3) is 4.13. The van der Waals surface area contributed by atoms with Crippen LogP contribution in [0.25, 0.3) is 5.57 Å². The maximum Gasteiger partial charge on any atom is 0.416 e. The number of fused-ring (bicyclic) bond motifs is 2. The number of alkyl halides is 3. The van der Waals surface area contributed by atoms with Gasteiger partial charge in [0.25, 0.3) is 0 Å². The average molecular weight is 417 g/mol. The molecule has 1 atom stereocenters. The highest BCUT2D eigenvalue weighted by Crippen LogP contribution is 2.44. The highest BCUT2D eigenvalue weighted by atomic mass is 19.4. The van der Waals surface area contributed by atoms with Gasteiger partial charge in [-0.1, -0.05) is 25.5 Å². The van der Waals surface area contributed by atoms with Crippen molar-refractivity contribution in [3.05, 3.63) is 64.9 Å². The Morgan fingerprint density at radius 2 is 1.67 bits per heavy atom. The number of rotatable bonds is 5. The van der Waals surface area contributed by atoms with E-state index >= 15 is 0 Å². The Bertz CT molecular complexity index is 935. The van der Waals surface area contributed by atoms with E-state index in [4.69, 9.17) is 9.47 Å². The van der Waals surface area contributed by atoms with Crippen LogP contribution in [0.3, 0.4) is 0 Å². The molecule has 0 aliphatic carbocycles. The summed E-state index contributed by atoms with van der Waals surface area (Å²) in [6, 6.07) is 9.77. The highest BCUT2D eigenvalue weighted by molar-refractivity contribution is 5.73. The van der Waals surface area contributed by atoms with Gasteiger partial charge in [0.2, 0.25) is 0 Å². The molecule has 2 aliphatic heterocycles. The Kier molecular flexibility index (Phi) is 5.67. The smallest absolute Gasteiger partial charge is 0.416 e. The summed E-state index contributed by atoms with van der Waals surface area (Å²) in [4.78, 5) is 2.22. The van der Waals surface area contributed by atoms with Gasteiger partial charge in [0.1, 0.15) is 13.2 Å². The number of benzene rings is 2. The average Bonchev–Trinajstić information content (AvgIpc) is 2.72. The number of nitrogens with zero attached hydrogens (tertiary/aromatic N) is 1. The number of hydrogen-bond donors (Lipinski definition) is 0. The molecule has 0 spiro atoms. The fourth-order valence-corrected chi connectivity index (χ4v) is 4.27. The molecule has 0 aromatic heterocycles. The molecule has 1 unspecified atom stereocenters. The fourth-order valence-electron chi connectivity index (χ4n) is 4.27. The Labute approximate surface area is 175 Å². The third-order valence-electron chi connectivity index (χ3n) is 5.78. The van der Waals surface area contributed by atoms with Crippen molar-refractivity contribution in [1.82, 2.24) is 4.90 Å². The zero-order chi connectivity index (χ0) is 21.3. The molecule has 0 saturated heterocycles. The van der Waals surface area contributed by atoms with Crippen LogP contribution in [0.2, 0.25) is 0 Å². The van der Waals surface area contributed by atoms with Crippen LogP contribution in [0.4, 0.5) is 13.2 Å². The van der Waals surface area contributed by atoms with Crippen molar-refractivity contribution >= 4 is 5.57 Å². The van der Waals surface area contributed by atoms with E-state index in [0.29, 0.717) is 19.6 Å². The standard InChI is InChI=1S/C24H26F3NO2/c1-3-4-17-15-28(2)21(10-7-16-5-8-18(9-6-16)24(25,26)27)20-14-23-22(13-19(17)20)29-11-12-30-23/h5-6,8-9,13-15,21H,3-4,7,10-12H2,1-2H3. The highest BCUT2D eigenvalue weighted by Gasteiger charge is 2.30. The maximum atomic E-state index is 12.8. The molecular weight excluding hydrogens is 391 g/mol. The van der Waals surface area contributed by atoms with E-state index in [-0.39, 0.29) is 6.04 Å². The quantitative estimate of drug-likeness (QED) is 0.575. The van der Waals surface area contributed by atoms with Gasteiger partial charge in [-0.05, 0) is 65.8 Å². The second kappa shape index (κ2) is 8.25. The molecule has 160 valence electrons. The van der Waals surface area contributed by atoms with E-state index in [0.717, 1.165) is 48.5 Å². The lowest BCUT2D eigenvalue weighted by molar-refractivity contribution is -0.137. The number of ether oxygens (including phenoxy) is 2. The van der Waals surface area contributed by atoms with Crippen LogP contribution < -0.4 is 9.47 Å². The summed E-state index contributed by atoms with van der Waals surface area (Å²) in [5.41, 5.74) is 3.95. The third-order valence-corrected chi connectivity index (χ3v) is 5.78. The monoisotopic (exact) mass is 417 g/mol. The number of halogens is 3. The van der Waals surface area contributed by atoms with Crippen molar-refractivity contribution in [2.75, 3.05) is 20.3 Å². The van der Waals surface area contributed by atoms with Crippen molar-refractivity contribution < 1.29 is 22.6 Å². The molecule has 2 aromatic rings. The molecule has 0 saturated carbocycles. The van der Waals surface area contributed by atoms with E-state index in [1.807, 2.05) is 0 Å². The lowest BCUT2D eigenvalue weighted by atomic mass is 9.86. The summed E-state index contributed by atoms with van der Waals surface area (Å²) < 4.78 is 50.0. The molecule has 0 amide bonds. The summed E-state index contributed by atoms with van der Waals surface area (Å²) in [5.74, 6) is 1.55. The van der Waals surface area contributed by atoms with Crippen molar-refractivity contribution in [1.29, 1.82) is 0 Å². The minimum absolute atomic E-state index is 0.124. The summed E-state index contributed by atoms with van der Waals surface area (Å²) in [5, 5.41) is 0. The summed E-state index contributed by atoms with van der Waals surface area (Å²) in [7, 11) is 2.06. The van der Waals surface area contributed by atoms with Crippen molar-refractivity contribution in [2.24, 2.45) is 0 Å². The first-order chi connectivity index (χ1) is 14.4. The van der Waals surface area contributed by atoms with E-state index in [1.165, 1.54) is 16.7 Å². The number of aryl methyl sites for hydroxylation is 1. The second-order valence-electron chi connectivity index (χ2n) is 7.90. The van der Waals surface area contributed by atoms with Crippen LogP contribution >= 0.6 is 0 Å². The van der Waals surface area contributed by atoms with Crippen molar-refractivity contribution in [3.8, 4) is 11.5 Å². The largest absolute Gasteiger partial charge is 0.486 e. The van der Waals surface area contributed by atoms with Crippen LogP contribution in [0.15, 0.2) is 42.6 Å². The van der Waals surface area contributed by atoms with Gasteiger partial charge in [0.05, 0.1) is 11.6 Å². The minimum Gasteiger partial charge on any atom is -0.486 e. The van der Waals surface area contributed by atoms with Gasteiger partial charge in [0.15, 0.2) is 11.5 Å². The predicted molar refractivity (Wildman–Crippen MR) is 111 cm³/mol. The van der Waals surface area contributed by atoms with Gasteiger partial charge < -0.3 is 14.4 Å². The molecular formula is C24H26F3NO2. The first-order valence-corrected chi connectivity index (χ1v) is 10.4. The second-order valence-corrected chi connectivity index (χ2v) is 7.90.